The first-order valence-electron chi connectivity index (χ1n) is 16.2. The van der Waals surface area contributed by atoms with Gasteiger partial charge in [-0.1, -0.05) is 30.3 Å². The SMILES string of the molecule is COc1cc(N2CCC(CN3CCC4(CC3)CC(NC(=O)OCc3ccccc3)C4)CC2)c(F)cc1NC1CCC(=O)NC1=O. The van der Waals surface area contributed by atoms with Gasteiger partial charge in [0, 0.05) is 44.2 Å². The molecule has 0 bridgehead atoms. The summed E-state index contributed by atoms with van der Waals surface area (Å²) in [5.41, 5.74) is 2.24. The Hall–Kier alpha value is -3.86. The molecule has 1 unspecified atom stereocenters. The summed E-state index contributed by atoms with van der Waals surface area (Å²) >= 11 is 0. The van der Waals surface area contributed by atoms with Crippen LogP contribution in [0.25, 0.3) is 0 Å². The van der Waals surface area contributed by atoms with E-state index in [1.54, 1.807) is 6.07 Å². The van der Waals surface area contributed by atoms with Gasteiger partial charge in [0.2, 0.25) is 11.8 Å². The number of ether oxygens (including phenoxy) is 2. The summed E-state index contributed by atoms with van der Waals surface area (Å²) in [5, 5.41) is 8.42. The van der Waals surface area contributed by atoms with E-state index in [2.05, 4.69) is 25.8 Å². The minimum Gasteiger partial charge on any atom is -0.495 e. The van der Waals surface area contributed by atoms with Gasteiger partial charge >= 0.3 is 6.09 Å². The molecule has 10 nitrogen and oxygen atoms in total. The number of likely N-dealkylation sites (tertiary alicyclic amines) is 1. The number of methoxy groups -OCH3 is 1. The molecule has 3 amide bonds. The lowest BCUT2D eigenvalue weighted by molar-refractivity contribution is -0.133. The number of nitrogens with one attached hydrogen (secondary N) is 3. The second kappa shape index (κ2) is 13.6. The molecule has 6 rings (SSSR count). The third-order valence-electron chi connectivity index (χ3n) is 10.1. The number of carbonyl (C=O) groups is 3. The summed E-state index contributed by atoms with van der Waals surface area (Å²) in [5.74, 6) is -0.0153. The molecule has 3 N–H and O–H groups in total. The predicted molar refractivity (Wildman–Crippen MR) is 169 cm³/mol. The van der Waals surface area contributed by atoms with E-state index in [-0.39, 0.29) is 36.9 Å². The van der Waals surface area contributed by atoms with Gasteiger partial charge in [0.05, 0.1) is 18.5 Å². The molecule has 1 spiro atoms. The summed E-state index contributed by atoms with van der Waals surface area (Å²) in [7, 11) is 1.53. The van der Waals surface area contributed by atoms with Crippen LogP contribution in [0.3, 0.4) is 0 Å². The second-order valence-electron chi connectivity index (χ2n) is 13.2. The van der Waals surface area contributed by atoms with Gasteiger partial charge in [-0.05, 0) is 74.9 Å². The Morgan fingerprint density at radius 3 is 2.47 bits per heavy atom. The van der Waals surface area contributed by atoms with Gasteiger partial charge in [-0.25, -0.2) is 9.18 Å². The van der Waals surface area contributed by atoms with Crippen molar-refractivity contribution in [2.75, 3.05) is 50.1 Å². The van der Waals surface area contributed by atoms with Crippen molar-refractivity contribution < 1.29 is 28.2 Å². The average molecular weight is 622 g/mol. The molecule has 4 fully saturated rings. The molecular weight excluding hydrogens is 577 g/mol. The highest BCUT2D eigenvalue weighted by Gasteiger charge is 2.46. The van der Waals surface area contributed by atoms with E-state index in [1.807, 2.05) is 30.3 Å². The molecule has 242 valence electrons. The van der Waals surface area contributed by atoms with E-state index in [1.165, 1.54) is 13.2 Å². The monoisotopic (exact) mass is 621 g/mol. The second-order valence-corrected chi connectivity index (χ2v) is 13.2. The Bertz CT molecular complexity index is 1370. The first kappa shape index (κ1) is 31.1. The Kier molecular flexibility index (Phi) is 9.44. The minimum atomic E-state index is -0.612. The number of alkyl carbamates (subject to hydrolysis) is 1. The van der Waals surface area contributed by atoms with Crippen LogP contribution in [0.4, 0.5) is 20.6 Å². The number of imide groups is 1. The fourth-order valence-corrected chi connectivity index (χ4v) is 7.44. The Morgan fingerprint density at radius 1 is 1.04 bits per heavy atom. The molecule has 1 aliphatic carbocycles. The van der Waals surface area contributed by atoms with Crippen LogP contribution in [0, 0.1) is 17.2 Å². The van der Waals surface area contributed by atoms with Crippen LogP contribution in [0.2, 0.25) is 0 Å². The van der Waals surface area contributed by atoms with Gasteiger partial charge in [-0.2, -0.15) is 0 Å². The molecule has 2 aromatic rings. The summed E-state index contributed by atoms with van der Waals surface area (Å²) in [6, 6.07) is 12.4. The number of benzene rings is 2. The van der Waals surface area contributed by atoms with Crippen molar-refractivity contribution >= 4 is 29.3 Å². The van der Waals surface area contributed by atoms with E-state index in [9.17, 15) is 14.4 Å². The number of halogens is 1. The van der Waals surface area contributed by atoms with Gasteiger partial charge in [0.25, 0.3) is 0 Å². The van der Waals surface area contributed by atoms with Crippen LogP contribution in [-0.2, 0) is 20.9 Å². The fraction of sp³-hybridized carbons (Fsp3) is 0.559. The molecule has 0 radical (unpaired) electrons. The van der Waals surface area contributed by atoms with Crippen LogP contribution in [-0.4, -0.2) is 74.7 Å². The van der Waals surface area contributed by atoms with Gasteiger partial charge in [0.15, 0.2) is 0 Å². The topological polar surface area (TPSA) is 112 Å². The van der Waals surface area contributed by atoms with Crippen molar-refractivity contribution in [2.45, 2.75) is 70.1 Å². The third-order valence-corrected chi connectivity index (χ3v) is 10.1. The number of rotatable bonds is 9. The fourth-order valence-electron chi connectivity index (χ4n) is 7.44. The summed E-state index contributed by atoms with van der Waals surface area (Å²) in [4.78, 5) is 40.6. The summed E-state index contributed by atoms with van der Waals surface area (Å²) in [6.07, 6.45) is 6.62. The normalized spacial score (nSPS) is 22.4. The molecule has 3 heterocycles. The van der Waals surface area contributed by atoms with E-state index >= 15 is 4.39 Å². The molecule has 1 saturated carbocycles. The molecule has 3 saturated heterocycles. The summed E-state index contributed by atoms with van der Waals surface area (Å²) < 4.78 is 26.3. The number of anilines is 2. The zero-order valence-electron chi connectivity index (χ0n) is 26.0. The third kappa shape index (κ3) is 7.52. The van der Waals surface area contributed by atoms with Crippen molar-refractivity contribution in [3.63, 3.8) is 0 Å². The van der Waals surface area contributed by atoms with Crippen molar-refractivity contribution in [2.24, 2.45) is 11.3 Å². The van der Waals surface area contributed by atoms with Crippen molar-refractivity contribution in [1.82, 2.24) is 15.5 Å². The maximum Gasteiger partial charge on any atom is 0.407 e. The van der Waals surface area contributed by atoms with Crippen molar-refractivity contribution in [3.05, 3.63) is 53.8 Å². The van der Waals surface area contributed by atoms with E-state index in [0.29, 0.717) is 34.9 Å². The van der Waals surface area contributed by atoms with Gasteiger partial charge < -0.3 is 29.9 Å². The highest BCUT2D eigenvalue weighted by atomic mass is 19.1. The Morgan fingerprint density at radius 2 is 1.78 bits per heavy atom. The number of hydrogen-bond donors (Lipinski definition) is 3. The number of nitrogens with zero attached hydrogens (tertiary/aromatic N) is 2. The number of piperidine rings is 3. The average Bonchev–Trinajstić information content (AvgIpc) is 3.03. The molecule has 3 aliphatic heterocycles. The van der Waals surface area contributed by atoms with Crippen LogP contribution in [0.15, 0.2) is 42.5 Å². The first-order valence-corrected chi connectivity index (χ1v) is 16.2. The molecule has 4 aliphatic rings. The minimum absolute atomic E-state index is 0.199. The van der Waals surface area contributed by atoms with E-state index < -0.39 is 11.9 Å². The zero-order chi connectivity index (χ0) is 31.4. The smallest absolute Gasteiger partial charge is 0.407 e. The number of hydrogen-bond acceptors (Lipinski definition) is 8. The first-order chi connectivity index (χ1) is 21.8. The molecule has 11 heteroatoms. The maximum absolute atomic E-state index is 15.3. The van der Waals surface area contributed by atoms with E-state index in [4.69, 9.17) is 9.47 Å². The van der Waals surface area contributed by atoms with Gasteiger partial charge in [-0.15, -0.1) is 0 Å². The highest BCUT2D eigenvalue weighted by Crippen LogP contribution is 2.49. The van der Waals surface area contributed by atoms with E-state index in [0.717, 1.165) is 76.8 Å². The maximum atomic E-state index is 15.3. The largest absolute Gasteiger partial charge is 0.495 e. The van der Waals surface area contributed by atoms with Crippen molar-refractivity contribution in [1.29, 1.82) is 0 Å². The quantitative estimate of drug-likeness (QED) is 0.353. The standard InChI is InChI=1S/C34H44FN5O5/c1-44-30-18-29(26(35)17-28(30)37-27-7-8-31(41)38-32(27)42)40-13-9-23(10-14-40)21-39-15-11-34(12-16-39)19-25(20-34)36-33(43)45-22-24-5-3-2-4-6-24/h2-6,17-18,23,25,27,37H,7-16,19-22H2,1H3,(H,36,43)(H,38,41,42). The van der Waals surface area contributed by atoms with Crippen LogP contribution < -0.4 is 25.6 Å². The van der Waals surface area contributed by atoms with Crippen LogP contribution >= 0.6 is 0 Å². The molecule has 0 aromatic heterocycles. The lowest BCUT2D eigenvalue weighted by atomic mass is 9.60. The van der Waals surface area contributed by atoms with Gasteiger partial charge in [0.1, 0.15) is 24.2 Å². The molecule has 45 heavy (non-hydrogen) atoms. The summed E-state index contributed by atoms with van der Waals surface area (Å²) in [6.45, 7) is 5.07. The number of carbonyl (C=O) groups excluding carboxylic acids is 3. The van der Waals surface area contributed by atoms with Crippen molar-refractivity contribution in [3.8, 4) is 5.75 Å². The highest BCUT2D eigenvalue weighted by molar-refractivity contribution is 6.01. The Labute approximate surface area is 264 Å². The zero-order valence-corrected chi connectivity index (χ0v) is 26.0. The van der Waals surface area contributed by atoms with Gasteiger partial charge in [-0.3, -0.25) is 14.9 Å². The van der Waals surface area contributed by atoms with Crippen LogP contribution in [0.1, 0.15) is 56.9 Å². The molecular formula is C34H44FN5O5. The Balaban J connectivity index is 0.917. The number of amides is 3. The molecule has 1 atom stereocenters. The lowest BCUT2D eigenvalue weighted by Crippen LogP contribution is -2.55. The lowest BCUT2D eigenvalue weighted by Gasteiger charge is -2.52. The predicted octanol–water partition coefficient (Wildman–Crippen LogP) is 4.44. The molecule has 2 aromatic carbocycles. The van der Waals surface area contributed by atoms with Crippen LogP contribution in [0.5, 0.6) is 5.75 Å².